The number of ether oxygens (including phenoxy) is 2. The van der Waals surface area contributed by atoms with Crippen LogP contribution in [0.4, 0.5) is 5.69 Å². The second-order valence-electron chi connectivity index (χ2n) is 7.23. The monoisotopic (exact) mass is 493 g/mol. The standard InChI is InChI=1S/C21H20INO5/c1-21(2,16-7-4-13(22)9-18(16)27-3)10-17(24)19(25)23-14-5-6-15-12(8-14)11-28-20(15)26/h4-9H,10-11H2,1-3H3,(H,23,25). The molecule has 0 saturated heterocycles. The van der Waals surface area contributed by atoms with Gasteiger partial charge in [0.05, 0.1) is 12.7 Å². The lowest BCUT2D eigenvalue weighted by Gasteiger charge is -2.26. The van der Waals surface area contributed by atoms with Crippen molar-refractivity contribution in [3.63, 3.8) is 0 Å². The molecule has 28 heavy (non-hydrogen) atoms. The Morgan fingerprint density at radius 2 is 1.96 bits per heavy atom. The number of fused-ring (bicyclic) bond motifs is 1. The van der Waals surface area contributed by atoms with E-state index in [2.05, 4.69) is 27.9 Å². The molecule has 0 bridgehead atoms. The molecule has 1 heterocycles. The number of rotatable bonds is 6. The Hall–Kier alpha value is -2.42. The summed E-state index contributed by atoms with van der Waals surface area (Å²) in [5.74, 6) is -0.910. The molecule has 0 aliphatic carbocycles. The van der Waals surface area contributed by atoms with Gasteiger partial charge in [-0.2, -0.15) is 0 Å². The SMILES string of the molecule is COc1cc(I)ccc1C(C)(C)CC(=O)C(=O)Nc1ccc2c(c1)COC2=O. The van der Waals surface area contributed by atoms with Gasteiger partial charge in [-0.25, -0.2) is 4.79 Å². The van der Waals surface area contributed by atoms with Crippen LogP contribution in [-0.4, -0.2) is 24.8 Å². The number of Topliss-reactive ketones (excluding diaryl/α,β-unsaturated/α-hetero) is 1. The van der Waals surface area contributed by atoms with Gasteiger partial charge < -0.3 is 14.8 Å². The fourth-order valence-corrected chi connectivity index (χ4v) is 3.68. The molecule has 0 spiro atoms. The van der Waals surface area contributed by atoms with Crippen molar-refractivity contribution in [2.75, 3.05) is 12.4 Å². The van der Waals surface area contributed by atoms with Crippen LogP contribution in [0, 0.1) is 3.57 Å². The Balaban J connectivity index is 1.72. The molecule has 0 fully saturated rings. The van der Waals surface area contributed by atoms with Gasteiger partial charge in [-0.1, -0.05) is 19.9 Å². The maximum absolute atomic E-state index is 12.6. The average molecular weight is 493 g/mol. The highest BCUT2D eigenvalue weighted by Crippen LogP contribution is 2.35. The van der Waals surface area contributed by atoms with Crippen LogP contribution < -0.4 is 10.1 Å². The van der Waals surface area contributed by atoms with Gasteiger partial charge >= 0.3 is 5.97 Å². The van der Waals surface area contributed by atoms with Crippen LogP contribution in [0.25, 0.3) is 0 Å². The molecule has 1 N–H and O–H groups in total. The Morgan fingerprint density at radius 3 is 2.68 bits per heavy atom. The highest BCUT2D eigenvalue weighted by Gasteiger charge is 2.30. The lowest BCUT2D eigenvalue weighted by molar-refractivity contribution is -0.135. The van der Waals surface area contributed by atoms with Gasteiger partial charge in [-0.05, 0) is 52.9 Å². The first-order valence-electron chi connectivity index (χ1n) is 8.69. The minimum Gasteiger partial charge on any atom is -0.496 e. The number of hydrogen-bond acceptors (Lipinski definition) is 5. The van der Waals surface area contributed by atoms with Crippen LogP contribution in [-0.2, 0) is 26.3 Å². The molecular weight excluding hydrogens is 473 g/mol. The number of methoxy groups -OCH3 is 1. The van der Waals surface area contributed by atoms with Gasteiger partial charge in [0.25, 0.3) is 5.91 Å². The molecule has 2 aromatic carbocycles. The smallest absolute Gasteiger partial charge is 0.338 e. The molecule has 146 valence electrons. The normalized spacial score (nSPS) is 12.9. The van der Waals surface area contributed by atoms with Crippen molar-refractivity contribution in [1.29, 1.82) is 0 Å². The van der Waals surface area contributed by atoms with E-state index in [4.69, 9.17) is 9.47 Å². The quantitative estimate of drug-likeness (QED) is 0.376. The molecule has 0 unspecified atom stereocenters. The van der Waals surface area contributed by atoms with Gasteiger partial charge in [0.2, 0.25) is 5.78 Å². The maximum atomic E-state index is 12.6. The van der Waals surface area contributed by atoms with Gasteiger partial charge in [-0.3, -0.25) is 9.59 Å². The first-order valence-corrected chi connectivity index (χ1v) is 9.77. The zero-order chi connectivity index (χ0) is 20.5. The van der Waals surface area contributed by atoms with Gasteiger partial charge in [0.1, 0.15) is 12.4 Å². The van der Waals surface area contributed by atoms with Crippen LogP contribution in [0.2, 0.25) is 0 Å². The maximum Gasteiger partial charge on any atom is 0.338 e. The van der Waals surface area contributed by atoms with E-state index in [1.807, 2.05) is 32.0 Å². The molecular formula is C21H20INO5. The zero-order valence-electron chi connectivity index (χ0n) is 15.8. The largest absolute Gasteiger partial charge is 0.496 e. The van der Waals surface area contributed by atoms with Gasteiger partial charge in [0.15, 0.2) is 0 Å². The second-order valence-corrected chi connectivity index (χ2v) is 8.48. The second kappa shape index (κ2) is 7.90. The number of carbonyl (C=O) groups excluding carboxylic acids is 3. The number of halogens is 1. The lowest BCUT2D eigenvalue weighted by Crippen LogP contribution is -2.30. The third kappa shape index (κ3) is 4.19. The predicted molar refractivity (Wildman–Crippen MR) is 113 cm³/mol. The summed E-state index contributed by atoms with van der Waals surface area (Å²) in [6.45, 7) is 3.98. The highest BCUT2D eigenvalue weighted by atomic mass is 127. The van der Waals surface area contributed by atoms with Crippen molar-refractivity contribution < 1.29 is 23.9 Å². The topological polar surface area (TPSA) is 81.7 Å². The van der Waals surface area contributed by atoms with Crippen LogP contribution >= 0.6 is 22.6 Å². The van der Waals surface area contributed by atoms with E-state index >= 15 is 0 Å². The van der Waals surface area contributed by atoms with Crippen molar-refractivity contribution in [1.82, 2.24) is 0 Å². The third-order valence-electron chi connectivity index (χ3n) is 4.69. The van der Waals surface area contributed by atoms with E-state index < -0.39 is 17.1 Å². The first kappa shape index (κ1) is 20.3. The Morgan fingerprint density at radius 1 is 1.21 bits per heavy atom. The van der Waals surface area contributed by atoms with Crippen molar-refractivity contribution >= 4 is 45.9 Å². The minimum absolute atomic E-state index is 0.0301. The summed E-state index contributed by atoms with van der Waals surface area (Å²) in [6.07, 6.45) is 0.0301. The molecule has 3 rings (SSSR count). The van der Waals surface area contributed by atoms with Crippen LogP contribution in [0.15, 0.2) is 36.4 Å². The molecule has 1 amide bonds. The summed E-state index contributed by atoms with van der Waals surface area (Å²) in [5, 5.41) is 2.61. The molecule has 0 radical (unpaired) electrons. The summed E-state index contributed by atoms with van der Waals surface area (Å²) in [5.41, 5.74) is 1.92. The fraction of sp³-hybridized carbons (Fsp3) is 0.286. The van der Waals surface area contributed by atoms with E-state index in [1.54, 1.807) is 25.3 Å². The minimum atomic E-state index is -0.692. The highest BCUT2D eigenvalue weighted by molar-refractivity contribution is 14.1. The van der Waals surface area contributed by atoms with Crippen LogP contribution in [0.3, 0.4) is 0 Å². The molecule has 0 saturated carbocycles. The van der Waals surface area contributed by atoms with Crippen LogP contribution in [0.1, 0.15) is 41.8 Å². The number of hydrogen-bond donors (Lipinski definition) is 1. The Kier molecular flexibility index (Phi) is 5.74. The summed E-state index contributed by atoms with van der Waals surface area (Å²) in [6, 6.07) is 10.6. The molecule has 2 aromatic rings. The molecule has 6 nitrogen and oxygen atoms in total. The van der Waals surface area contributed by atoms with E-state index in [1.165, 1.54) is 0 Å². The number of anilines is 1. The number of amides is 1. The van der Waals surface area contributed by atoms with Crippen molar-refractivity contribution in [3.05, 3.63) is 56.7 Å². The predicted octanol–water partition coefficient (Wildman–Crippen LogP) is 3.85. The Labute approximate surface area is 176 Å². The molecule has 0 aromatic heterocycles. The summed E-state index contributed by atoms with van der Waals surface area (Å²) >= 11 is 2.19. The van der Waals surface area contributed by atoms with E-state index in [-0.39, 0.29) is 19.0 Å². The number of cyclic esters (lactones) is 1. The number of nitrogens with one attached hydrogen (secondary N) is 1. The van der Waals surface area contributed by atoms with E-state index in [0.717, 1.165) is 9.13 Å². The summed E-state index contributed by atoms with van der Waals surface area (Å²) < 4.78 is 11.4. The lowest BCUT2D eigenvalue weighted by atomic mass is 9.79. The van der Waals surface area contributed by atoms with Gasteiger partial charge in [0, 0.05) is 32.2 Å². The van der Waals surface area contributed by atoms with Gasteiger partial charge in [-0.15, -0.1) is 0 Å². The number of carbonyl (C=O) groups is 3. The number of benzene rings is 2. The first-order chi connectivity index (χ1) is 13.2. The third-order valence-corrected chi connectivity index (χ3v) is 5.36. The molecule has 1 aliphatic heterocycles. The zero-order valence-corrected chi connectivity index (χ0v) is 18.0. The van der Waals surface area contributed by atoms with Crippen molar-refractivity contribution in [2.45, 2.75) is 32.3 Å². The number of ketones is 1. The summed E-state index contributed by atoms with van der Waals surface area (Å²) in [4.78, 5) is 36.5. The number of esters is 1. The fourth-order valence-electron chi connectivity index (χ4n) is 3.21. The molecule has 7 heteroatoms. The molecule has 1 aliphatic rings. The summed E-state index contributed by atoms with van der Waals surface area (Å²) in [7, 11) is 1.59. The van der Waals surface area contributed by atoms with Crippen molar-refractivity contribution in [2.24, 2.45) is 0 Å². The van der Waals surface area contributed by atoms with Crippen molar-refractivity contribution in [3.8, 4) is 5.75 Å². The van der Waals surface area contributed by atoms with E-state index in [9.17, 15) is 14.4 Å². The average Bonchev–Trinajstić information content (AvgIpc) is 3.01. The van der Waals surface area contributed by atoms with E-state index in [0.29, 0.717) is 22.6 Å². The Bertz CT molecular complexity index is 967. The molecule has 0 atom stereocenters. The van der Waals surface area contributed by atoms with Crippen LogP contribution in [0.5, 0.6) is 5.75 Å².